The molecule has 3 saturated heterocycles. The molecule has 1 unspecified atom stereocenters. The minimum atomic E-state index is -0.281. The lowest BCUT2D eigenvalue weighted by atomic mass is 10.1. The van der Waals surface area contributed by atoms with Crippen molar-refractivity contribution in [2.75, 3.05) is 60.5 Å². The zero-order valence-corrected chi connectivity index (χ0v) is 21.2. The van der Waals surface area contributed by atoms with Gasteiger partial charge in [0.1, 0.15) is 5.82 Å². The van der Waals surface area contributed by atoms with Crippen molar-refractivity contribution in [1.29, 1.82) is 0 Å². The van der Waals surface area contributed by atoms with Crippen LogP contribution in [0, 0.1) is 26.7 Å². The Hall–Kier alpha value is -3.16. The first-order chi connectivity index (χ1) is 16.9. The second-order valence-corrected chi connectivity index (χ2v) is 10.2. The Bertz CT molecular complexity index is 1100. The van der Waals surface area contributed by atoms with Gasteiger partial charge in [-0.05, 0) is 63.3 Å². The van der Waals surface area contributed by atoms with Gasteiger partial charge in [0.05, 0.1) is 5.92 Å². The number of piperazine rings is 1. The highest BCUT2D eigenvalue weighted by Gasteiger charge is 2.38. The molecule has 35 heavy (non-hydrogen) atoms. The van der Waals surface area contributed by atoms with Crippen molar-refractivity contribution < 1.29 is 9.59 Å². The van der Waals surface area contributed by atoms with Crippen LogP contribution < -0.4 is 14.7 Å². The minimum Gasteiger partial charge on any atom is -0.356 e. The Morgan fingerprint density at radius 3 is 2.31 bits per heavy atom. The number of benzene rings is 1. The molecule has 8 heteroatoms. The Kier molecular flexibility index (Phi) is 6.62. The highest BCUT2D eigenvalue weighted by atomic mass is 16.2. The van der Waals surface area contributed by atoms with Crippen molar-refractivity contribution in [3.63, 3.8) is 0 Å². The molecule has 1 atom stereocenters. The Morgan fingerprint density at radius 2 is 1.60 bits per heavy atom. The predicted molar refractivity (Wildman–Crippen MR) is 138 cm³/mol. The number of rotatable bonds is 4. The van der Waals surface area contributed by atoms with E-state index in [0.717, 1.165) is 41.8 Å². The van der Waals surface area contributed by atoms with Gasteiger partial charge < -0.3 is 19.6 Å². The van der Waals surface area contributed by atoms with Gasteiger partial charge in [0.15, 0.2) is 0 Å². The normalized spacial score (nSPS) is 21.1. The summed E-state index contributed by atoms with van der Waals surface area (Å²) in [5.41, 5.74) is 4.22. The molecule has 0 spiro atoms. The first-order valence-electron chi connectivity index (χ1n) is 12.9. The van der Waals surface area contributed by atoms with Crippen molar-refractivity contribution in [1.82, 2.24) is 14.9 Å². The number of anilines is 3. The molecule has 0 bridgehead atoms. The fourth-order valence-electron chi connectivity index (χ4n) is 5.36. The van der Waals surface area contributed by atoms with E-state index in [9.17, 15) is 9.59 Å². The maximum atomic E-state index is 13.3. The number of hydrogen-bond acceptors (Lipinski definition) is 6. The van der Waals surface area contributed by atoms with Crippen LogP contribution in [0.1, 0.15) is 42.5 Å². The third-order valence-corrected chi connectivity index (χ3v) is 7.66. The van der Waals surface area contributed by atoms with Crippen LogP contribution in [0.15, 0.2) is 24.3 Å². The summed E-state index contributed by atoms with van der Waals surface area (Å²) in [4.78, 5) is 43.8. The molecule has 0 aliphatic carbocycles. The lowest BCUT2D eigenvalue weighted by Gasteiger charge is -2.36. The summed E-state index contributed by atoms with van der Waals surface area (Å²) in [6.07, 6.45) is 4.00. The van der Waals surface area contributed by atoms with Crippen LogP contribution in [0.3, 0.4) is 0 Å². The third-order valence-electron chi connectivity index (χ3n) is 7.66. The molecule has 2 aromatic rings. The van der Waals surface area contributed by atoms with Crippen molar-refractivity contribution in [3.8, 4) is 0 Å². The number of aryl methyl sites for hydroxylation is 3. The molecule has 0 N–H and O–H groups in total. The predicted octanol–water partition coefficient (Wildman–Crippen LogP) is 3.09. The van der Waals surface area contributed by atoms with E-state index in [0.29, 0.717) is 32.7 Å². The summed E-state index contributed by atoms with van der Waals surface area (Å²) in [7, 11) is 0. The smallest absolute Gasteiger partial charge is 0.228 e. The lowest BCUT2D eigenvalue weighted by molar-refractivity contribution is -0.136. The summed E-state index contributed by atoms with van der Waals surface area (Å²) in [6, 6.07) is 8.13. The maximum absolute atomic E-state index is 13.3. The van der Waals surface area contributed by atoms with Crippen LogP contribution in [0.5, 0.6) is 0 Å². The molecule has 4 heterocycles. The average molecular weight is 477 g/mol. The van der Waals surface area contributed by atoms with E-state index in [-0.39, 0.29) is 24.2 Å². The van der Waals surface area contributed by atoms with Gasteiger partial charge in [-0.15, -0.1) is 0 Å². The van der Waals surface area contributed by atoms with Gasteiger partial charge >= 0.3 is 0 Å². The lowest BCUT2D eigenvalue weighted by Crippen LogP contribution is -2.51. The van der Waals surface area contributed by atoms with E-state index in [4.69, 9.17) is 9.97 Å². The van der Waals surface area contributed by atoms with Crippen LogP contribution in [-0.4, -0.2) is 72.5 Å². The summed E-state index contributed by atoms with van der Waals surface area (Å²) >= 11 is 0. The summed E-state index contributed by atoms with van der Waals surface area (Å²) in [6.45, 7) is 11.4. The van der Waals surface area contributed by atoms with Gasteiger partial charge in [0.2, 0.25) is 17.8 Å². The molecule has 3 aliphatic rings. The minimum absolute atomic E-state index is 0.0311. The Morgan fingerprint density at radius 1 is 0.857 bits per heavy atom. The zero-order valence-electron chi connectivity index (χ0n) is 21.2. The monoisotopic (exact) mass is 476 g/mol. The first kappa shape index (κ1) is 23.6. The van der Waals surface area contributed by atoms with Gasteiger partial charge in [-0.3, -0.25) is 9.59 Å². The fraction of sp³-hybridized carbons (Fsp3) is 0.556. The van der Waals surface area contributed by atoms with Crippen molar-refractivity contribution >= 4 is 29.3 Å². The number of nitrogens with zero attached hydrogens (tertiary/aromatic N) is 6. The highest BCUT2D eigenvalue weighted by Crippen LogP contribution is 2.28. The average Bonchev–Trinajstić information content (AvgIpc) is 3.27. The van der Waals surface area contributed by atoms with E-state index < -0.39 is 0 Å². The molecule has 8 nitrogen and oxygen atoms in total. The summed E-state index contributed by atoms with van der Waals surface area (Å²) < 4.78 is 0. The van der Waals surface area contributed by atoms with E-state index >= 15 is 0 Å². The highest BCUT2D eigenvalue weighted by molar-refractivity contribution is 6.00. The van der Waals surface area contributed by atoms with Gasteiger partial charge in [-0.2, -0.15) is 4.98 Å². The topological polar surface area (TPSA) is 72.9 Å². The number of carbonyl (C=O) groups is 2. The molecule has 0 saturated carbocycles. The van der Waals surface area contributed by atoms with Gasteiger partial charge in [0, 0.05) is 69.7 Å². The molecule has 1 aromatic heterocycles. The number of carbonyl (C=O) groups excluding carboxylic acids is 2. The molecule has 2 amide bonds. The zero-order chi connectivity index (χ0) is 24.5. The molecule has 0 radical (unpaired) electrons. The standard InChI is InChI=1S/C27H36N6O2/c1-19-7-8-23(15-20(19)2)33-18-22(17-25(33)34)26(35)31-11-13-32(14-12-31)27-28-21(3)16-24(29-27)30-9-5-4-6-10-30/h7-8,15-16,22H,4-6,9-14,17-18H2,1-3H3. The van der Waals surface area contributed by atoms with Crippen molar-refractivity contribution in [3.05, 3.63) is 41.1 Å². The van der Waals surface area contributed by atoms with E-state index in [1.807, 2.05) is 30.0 Å². The summed E-state index contributed by atoms with van der Waals surface area (Å²) in [5.74, 6) is 1.61. The Balaban J connectivity index is 1.20. The molecular weight excluding hydrogens is 440 g/mol. The molecule has 3 fully saturated rings. The third kappa shape index (κ3) is 4.97. The van der Waals surface area contributed by atoms with Crippen LogP contribution in [-0.2, 0) is 9.59 Å². The first-order valence-corrected chi connectivity index (χ1v) is 12.9. The molecular formula is C27H36N6O2. The second-order valence-electron chi connectivity index (χ2n) is 10.2. The largest absolute Gasteiger partial charge is 0.356 e. The van der Waals surface area contributed by atoms with Gasteiger partial charge in [-0.1, -0.05) is 6.07 Å². The number of aromatic nitrogens is 2. The number of amides is 2. The van der Waals surface area contributed by atoms with Gasteiger partial charge in [-0.25, -0.2) is 4.98 Å². The quantitative estimate of drug-likeness (QED) is 0.675. The van der Waals surface area contributed by atoms with E-state index in [2.05, 4.69) is 29.7 Å². The van der Waals surface area contributed by atoms with Crippen molar-refractivity contribution in [2.24, 2.45) is 5.92 Å². The van der Waals surface area contributed by atoms with Crippen LogP contribution in [0.25, 0.3) is 0 Å². The SMILES string of the molecule is Cc1cc(N2CCCCC2)nc(N2CCN(C(=O)C3CC(=O)N(c4ccc(C)c(C)c4)C3)CC2)n1. The molecule has 186 valence electrons. The Labute approximate surface area is 207 Å². The molecule has 5 rings (SSSR count). The number of hydrogen-bond donors (Lipinski definition) is 0. The van der Waals surface area contributed by atoms with Gasteiger partial charge in [0.25, 0.3) is 0 Å². The summed E-state index contributed by atoms with van der Waals surface area (Å²) in [5, 5.41) is 0. The van der Waals surface area contributed by atoms with E-state index in [1.54, 1.807) is 4.90 Å². The second kappa shape index (κ2) is 9.84. The maximum Gasteiger partial charge on any atom is 0.228 e. The van der Waals surface area contributed by atoms with Crippen LogP contribution >= 0.6 is 0 Å². The van der Waals surface area contributed by atoms with Crippen LogP contribution in [0.4, 0.5) is 17.5 Å². The van der Waals surface area contributed by atoms with Crippen molar-refractivity contribution in [2.45, 2.75) is 46.5 Å². The fourth-order valence-corrected chi connectivity index (χ4v) is 5.36. The van der Waals surface area contributed by atoms with Crippen LogP contribution in [0.2, 0.25) is 0 Å². The number of piperidine rings is 1. The molecule has 3 aliphatic heterocycles. The van der Waals surface area contributed by atoms with E-state index in [1.165, 1.54) is 24.8 Å². The molecule has 1 aromatic carbocycles.